The van der Waals surface area contributed by atoms with Gasteiger partial charge >= 0.3 is 0 Å². The van der Waals surface area contributed by atoms with Crippen molar-refractivity contribution in [2.45, 2.75) is 40.0 Å². The predicted octanol–water partition coefficient (Wildman–Crippen LogP) is 2.93. The predicted molar refractivity (Wildman–Crippen MR) is 95.2 cm³/mol. The molecule has 1 amide bonds. The first-order valence-corrected chi connectivity index (χ1v) is 9.01. The van der Waals surface area contributed by atoms with Gasteiger partial charge in [0.05, 0.1) is 11.3 Å². The van der Waals surface area contributed by atoms with E-state index in [0.717, 1.165) is 41.2 Å². The van der Waals surface area contributed by atoms with Gasteiger partial charge < -0.3 is 5.32 Å². The molecule has 0 aliphatic heterocycles. The third-order valence-corrected chi connectivity index (χ3v) is 4.85. The smallest absolute Gasteiger partial charge is 0.253 e. The van der Waals surface area contributed by atoms with E-state index in [1.165, 1.54) is 0 Å². The van der Waals surface area contributed by atoms with E-state index in [1.807, 2.05) is 31.4 Å². The lowest BCUT2D eigenvalue weighted by Gasteiger charge is -2.10. The summed E-state index contributed by atoms with van der Waals surface area (Å²) >= 11 is 1.60. The number of aryl methyl sites for hydroxylation is 2. The van der Waals surface area contributed by atoms with Crippen molar-refractivity contribution in [3.63, 3.8) is 0 Å². The fourth-order valence-corrected chi connectivity index (χ4v) is 3.25. The Kier molecular flexibility index (Phi) is 4.89. The number of hydrogen-bond acceptors (Lipinski definition) is 5. The molecule has 0 bridgehead atoms. The van der Waals surface area contributed by atoms with Gasteiger partial charge in [-0.1, -0.05) is 19.4 Å². The van der Waals surface area contributed by atoms with Crippen LogP contribution in [-0.4, -0.2) is 32.0 Å². The SMILES string of the molecule is CCCCNC(=O)Cc1c(C)nc2nc(-c3cccs3)nn2c1C. The van der Waals surface area contributed by atoms with Gasteiger partial charge in [0.25, 0.3) is 5.78 Å². The third kappa shape index (κ3) is 3.31. The largest absolute Gasteiger partial charge is 0.356 e. The van der Waals surface area contributed by atoms with E-state index >= 15 is 0 Å². The number of fused-ring (bicyclic) bond motifs is 1. The number of carbonyl (C=O) groups is 1. The standard InChI is InChI=1S/C17H21N5OS/c1-4-5-8-18-15(23)10-13-11(2)19-17-20-16(14-7-6-9-24-14)21-22(17)12(13)3/h6-7,9H,4-5,8,10H2,1-3H3,(H,18,23). The average molecular weight is 343 g/mol. The van der Waals surface area contributed by atoms with Gasteiger partial charge in [0.1, 0.15) is 0 Å². The molecule has 0 saturated carbocycles. The topological polar surface area (TPSA) is 72.2 Å². The molecule has 0 fully saturated rings. The van der Waals surface area contributed by atoms with Crippen LogP contribution in [0.25, 0.3) is 16.5 Å². The van der Waals surface area contributed by atoms with Gasteiger partial charge in [-0.05, 0) is 31.7 Å². The van der Waals surface area contributed by atoms with Crippen LogP contribution in [0.4, 0.5) is 0 Å². The molecule has 0 atom stereocenters. The van der Waals surface area contributed by atoms with Crippen molar-refractivity contribution in [2.24, 2.45) is 0 Å². The van der Waals surface area contributed by atoms with Crippen LogP contribution in [0.2, 0.25) is 0 Å². The Labute approximate surface area is 145 Å². The van der Waals surface area contributed by atoms with Crippen molar-refractivity contribution in [1.29, 1.82) is 0 Å². The summed E-state index contributed by atoms with van der Waals surface area (Å²) < 4.78 is 1.73. The maximum atomic E-state index is 12.1. The Morgan fingerprint density at radius 1 is 1.33 bits per heavy atom. The van der Waals surface area contributed by atoms with Crippen LogP contribution < -0.4 is 5.32 Å². The molecule has 3 rings (SSSR count). The van der Waals surface area contributed by atoms with E-state index in [-0.39, 0.29) is 5.91 Å². The fourth-order valence-electron chi connectivity index (χ4n) is 2.60. The first-order chi connectivity index (χ1) is 11.6. The molecule has 3 aromatic heterocycles. The number of nitrogens with zero attached hydrogens (tertiary/aromatic N) is 4. The first-order valence-electron chi connectivity index (χ1n) is 8.13. The van der Waals surface area contributed by atoms with E-state index in [9.17, 15) is 4.79 Å². The molecule has 0 saturated heterocycles. The number of amides is 1. The molecule has 0 aromatic carbocycles. The van der Waals surface area contributed by atoms with Crippen LogP contribution in [0.5, 0.6) is 0 Å². The average Bonchev–Trinajstić information content (AvgIpc) is 3.20. The van der Waals surface area contributed by atoms with E-state index in [4.69, 9.17) is 0 Å². The molecular weight excluding hydrogens is 322 g/mol. The van der Waals surface area contributed by atoms with Crippen LogP contribution in [0.3, 0.4) is 0 Å². The number of thiophene rings is 1. The second-order valence-corrected chi connectivity index (χ2v) is 6.71. The van der Waals surface area contributed by atoms with Crippen molar-refractivity contribution in [2.75, 3.05) is 6.54 Å². The molecule has 3 heterocycles. The van der Waals surface area contributed by atoms with Crippen LogP contribution in [0, 0.1) is 13.8 Å². The zero-order valence-electron chi connectivity index (χ0n) is 14.2. The number of unbranched alkanes of at least 4 members (excludes halogenated alkanes) is 1. The van der Waals surface area contributed by atoms with Gasteiger partial charge in [-0.2, -0.15) is 4.98 Å². The minimum Gasteiger partial charge on any atom is -0.356 e. The molecule has 0 aliphatic rings. The van der Waals surface area contributed by atoms with Crippen molar-refractivity contribution in [3.05, 3.63) is 34.5 Å². The Morgan fingerprint density at radius 3 is 2.88 bits per heavy atom. The number of aromatic nitrogens is 4. The minimum atomic E-state index is 0.0226. The Morgan fingerprint density at radius 2 is 2.17 bits per heavy atom. The molecular formula is C17H21N5OS. The maximum Gasteiger partial charge on any atom is 0.253 e. The summed E-state index contributed by atoms with van der Waals surface area (Å²) in [5.41, 5.74) is 2.66. The number of nitrogens with one attached hydrogen (secondary N) is 1. The van der Waals surface area contributed by atoms with Crippen molar-refractivity contribution >= 4 is 23.0 Å². The van der Waals surface area contributed by atoms with Gasteiger partial charge in [-0.3, -0.25) is 4.79 Å². The zero-order valence-corrected chi connectivity index (χ0v) is 15.0. The lowest BCUT2D eigenvalue weighted by molar-refractivity contribution is -0.120. The van der Waals surface area contributed by atoms with Gasteiger partial charge in [0, 0.05) is 23.5 Å². The van der Waals surface area contributed by atoms with Crippen LogP contribution in [0.1, 0.15) is 36.7 Å². The molecule has 24 heavy (non-hydrogen) atoms. The van der Waals surface area contributed by atoms with E-state index in [0.29, 0.717) is 18.0 Å². The fraction of sp³-hybridized carbons (Fsp3) is 0.412. The highest BCUT2D eigenvalue weighted by Crippen LogP contribution is 2.23. The molecule has 6 nitrogen and oxygen atoms in total. The maximum absolute atomic E-state index is 12.1. The quantitative estimate of drug-likeness (QED) is 0.699. The summed E-state index contributed by atoms with van der Waals surface area (Å²) in [5.74, 6) is 1.27. The number of hydrogen-bond donors (Lipinski definition) is 1. The highest BCUT2D eigenvalue weighted by atomic mass is 32.1. The molecule has 1 N–H and O–H groups in total. The second kappa shape index (κ2) is 7.09. The summed E-state index contributed by atoms with van der Waals surface area (Å²) in [6.45, 7) is 6.70. The Bertz CT molecular complexity index is 854. The molecule has 7 heteroatoms. The van der Waals surface area contributed by atoms with E-state index in [2.05, 4.69) is 27.3 Å². The summed E-state index contributed by atoms with van der Waals surface area (Å²) in [6.07, 6.45) is 2.38. The van der Waals surface area contributed by atoms with E-state index < -0.39 is 0 Å². The summed E-state index contributed by atoms with van der Waals surface area (Å²) in [6, 6.07) is 3.97. The lowest BCUT2D eigenvalue weighted by Crippen LogP contribution is -2.27. The molecule has 0 unspecified atom stereocenters. The summed E-state index contributed by atoms with van der Waals surface area (Å²) in [5, 5.41) is 9.51. The van der Waals surface area contributed by atoms with Crippen molar-refractivity contribution in [1.82, 2.24) is 24.9 Å². The molecule has 3 aromatic rings. The molecule has 126 valence electrons. The van der Waals surface area contributed by atoms with E-state index in [1.54, 1.807) is 15.9 Å². The second-order valence-electron chi connectivity index (χ2n) is 5.77. The molecule has 0 radical (unpaired) electrons. The van der Waals surface area contributed by atoms with Crippen molar-refractivity contribution < 1.29 is 4.79 Å². The Balaban J connectivity index is 1.90. The number of carbonyl (C=O) groups excluding carboxylic acids is 1. The highest BCUT2D eigenvalue weighted by molar-refractivity contribution is 7.13. The molecule has 0 aliphatic carbocycles. The molecule has 0 spiro atoms. The van der Waals surface area contributed by atoms with Crippen LogP contribution in [0.15, 0.2) is 17.5 Å². The summed E-state index contributed by atoms with van der Waals surface area (Å²) in [4.78, 5) is 22.2. The lowest BCUT2D eigenvalue weighted by atomic mass is 10.1. The number of rotatable bonds is 6. The Hall–Kier alpha value is -2.28. The van der Waals surface area contributed by atoms with Gasteiger partial charge in [0.15, 0.2) is 5.82 Å². The third-order valence-electron chi connectivity index (χ3n) is 3.98. The zero-order chi connectivity index (χ0) is 17.1. The summed E-state index contributed by atoms with van der Waals surface area (Å²) in [7, 11) is 0. The minimum absolute atomic E-state index is 0.0226. The highest BCUT2D eigenvalue weighted by Gasteiger charge is 2.16. The normalized spacial score (nSPS) is 11.1. The van der Waals surface area contributed by atoms with Crippen LogP contribution >= 0.6 is 11.3 Å². The monoisotopic (exact) mass is 343 g/mol. The van der Waals surface area contributed by atoms with Crippen LogP contribution in [-0.2, 0) is 11.2 Å². The van der Waals surface area contributed by atoms with Gasteiger partial charge in [0.2, 0.25) is 5.91 Å². The first kappa shape index (κ1) is 16.6. The van der Waals surface area contributed by atoms with Gasteiger partial charge in [-0.25, -0.2) is 9.50 Å². The van der Waals surface area contributed by atoms with Crippen molar-refractivity contribution in [3.8, 4) is 10.7 Å². The van der Waals surface area contributed by atoms with Gasteiger partial charge in [-0.15, -0.1) is 16.4 Å².